The first-order chi connectivity index (χ1) is 5.57. The van der Waals surface area contributed by atoms with Crippen LogP contribution in [0.1, 0.15) is 21.6 Å². The zero-order valence-corrected chi connectivity index (χ0v) is 6.61. The summed E-state index contributed by atoms with van der Waals surface area (Å²) in [4.78, 5) is 10.6. The molecule has 1 rings (SSSR count). The Kier molecular flexibility index (Phi) is 2.05. The molecule has 0 amide bonds. The number of carboxylic acid groups (broad SMARTS) is 1. The summed E-state index contributed by atoms with van der Waals surface area (Å²) in [5.41, 5.74) is 6.33. The Morgan fingerprint density at radius 1 is 1.75 bits per heavy atom. The molecule has 12 heavy (non-hydrogen) atoms. The van der Waals surface area contributed by atoms with E-state index in [2.05, 4.69) is 0 Å². The van der Waals surface area contributed by atoms with E-state index in [1.165, 1.54) is 6.20 Å². The molecule has 1 aromatic heterocycles. The number of hydrogen-bond acceptors (Lipinski definition) is 3. The number of rotatable bonds is 2. The maximum Gasteiger partial charge on any atom is 0.356 e. The summed E-state index contributed by atoms with van der Waals surface area (Å²) in [6.07, 6.45) is 1.30. The van der Waals surface area contributed by atoms with Crippen LogP contribution in [-0.2, 0) is 6.54 Å². The average Bonchev–Trinajstić information content (AvgIpc) is 2.25. The minimum Gasteiger partial charge on any atom is -0.476 e. The van der Waals surface area contributed by atoms with Crippen molar-refractivity contribution in [3.8, 4) is 0 Å². The molecule has 0 fully saturated rings. The number of carboxylic acids is 1. The number of aromatic carboxylic acids is 1. The third kappa shape index (κ3) is 1.14. The summed E-state index contributed by atoms with van der Waals surface area (Å²) in [5.74, 6) is -1.16. The summed E-state index contributed by atoms with van der Waals surface area (Å²) >= 11 is 0. The third-order valence-electron chi connectivity index (χ3n) is 1.77. The standard InChI is InChI=1S/C7H10N2O3/c1-4-5(2-8)3-9(12)6(4)7(10)11/h3,12H,2,8H2,1H3,(H,10,11). The molecular formula is C7H10N2O3. The second-order valence-corrected chi connectivity index (χ2v) is 2.48. The highest BCUT2D eigenvalue weighted by molar-refractivity contribution is 5.87. The van der Waals surface area contributed by atoms with Crippen molar-refractivity contribution in [3.63, 3.8) is 0 Å². The Bertz CT molecular complexity index is 317. The lowest BCUT2D eigenvalue weighted by Crippen LogP contribution is -2.06. The Morgan fingerprint density at radius 3 is 2.58 bits per heavy atom. The van der Waals surface area contributed by atoms with Gasteiger partial charge in [-0.3, -0.25) is 0 Å². The molecule has 4 N–H and O–H groups in total. The molecule has 0 bridgehead atoms. The summed E-state index contributed by atoms with van der Waals surface area (Å²) in [6.45, 7) is 1.83. The van der Waals surface area contributed by atoms with Gasteiger partial charge in [-0.25, -0.2) is 4.79 Å². The maximum atomic E-state index is 10.6. The van der Waals surface area contributed by atoms with Crippen molar-refractivity contribution in [1.29, 1.82) is 0 Å². The minimum atomic E-state index is -1.16. The molecule has 0 aliphatic carbocycles. The van der Waals surface area contributed by atoms with Crippen LogP contribution in [0.15, 0.2) is 6.20 Å². The fraction of sp³-hybridized carbons (Fsp3) is 0.286. The summed E-state index contributed by atoms with van der Waals surface area (Å²) in [5, 5.41) is 17.7. The van der Waals surface area contributed by atoms with Crippen LogP contribution in [0.2, 0.25) is 0 Å². The van der Waals surface area contributed by atoms with Gasteiger partial charge in [-0.2, -0.15) is 4.73 Å². The topological polar surface area (TPSA) is 88.5 Å². The van der Waals surface area contributed by atoms with Crippen LogP contribution in [0, 0.1) is 6.92 Å². The second-order valence-electron chi connectivity index (χ2n) is 2.48. The molecule has 66 valence electrons. The highest BCUT2D eigenvalue weighted by Gasteiger charge is 2.16. The van der Waals surface area contributed by atoms with Crippen LogP contribution < -0.4 is 5.73 Å². The molecule has 0 unspecified atom stereocenters. The van der Waals surface area contributed by atoms with Crippen LogP contribution in [0.4, 0.5) is 0 Å². The van der Waals surface area contributed by atoms with Gasteiger partial charge in [-0.1, -0.05) is 0 Å². The van der Waals surface area contributed by atoms with Gasteiger partial charge in [-0.15, -0.1) is 0 Å². The minimum absolute atomic E-state index is 0.129. The van der Waals surface area contributed by atoms with Gasteiger partial charge in [0.2, 0.25) is 0 Å². The van der Waals surface area contributed by atoms with Crippen molar-refractivity contribution in [2.24, 2.45) is 5.73 Å². The van der Waals surface area contributed by atoms with E-state index in [1.807, 2.05) is 0 Å². The summed E-state index contributed by atoms with van der Waals surface area (Å²) in [7, 11) is 0. The zero-order valence-electron chi connectivity index (χ0n) is 6.61. The first-order valence-electron chi connectivity index (χ1n) is 3.41. The number of aromatic nitrogens is 1. The zero-order chi connectivity index (χ0) is 9.30. The molecule has 0 radical (unpaired) electrons. The van der Waals surface area contributed by atoms with Gasteiger partial charge in [0.05, 0.1) is 0 Å². The molecule has 0 atom stereocenters. The Labute approximate surface area is 69.0 Å². The number of carbonyl (C=O) groups is 1. The van der Waals surface area contributed by atoms with Crippen LogP contribution in [0.5, 0.6) is 0 Å². The van der Waals surface area contributed by atoms with Gasteiger partial charge in [0.1, 0.15) is 0 Å². The van der Waals surface area contributed by atoms with Crippen LogP contribution in [0.3, 0.4) is 0 Å². The fourth-order valence-corrected chi connectivity index (χ4v) is 1.10. The average molecular weight is 170 g/mol. The van der Waals surface area contributed by atoms with Gasteiger partial charge in [0.15, 0.2) is 5.69 Å². The lowest BCUT2D eigenvalue weighted by Gasteiger charge is -1.95. The molecular weight excluding hydrogens is 160 g/mol. The second kappa shape index (κ2) is 2.86. The Balaban J connectivity index is 3.28. The molecule has 0 aliphatic rings. The molecule has 0 aromatic carbocycles. The van der Waals surface area contributed by atoms with E-state index in [-0.39, 0.29) is 12.2 Å². The molecule has 5 heteroatoms. The van der Waals surface area contributed by atoms with Crippen molar-refractivity contribution in [2.45, 2.75) is 13.5 Å². The SMILES string of the molecule is Cc1c(CN)cn(O)c1C(=O)O. The molecule has 0 saturated carbocycles. The first-order valence-corrected chi connectivity index (χ1v) is 3.41. The molecule has 0 spiro atoms. The van der Waals surface area contributed by atoms with E-state index < -0.39 is 5.97 Å². The summed E-state index contributed by atoms with van der Waals surface area (Å²) < 4.78 is 0.583. The maximum absolute atomic E-state index is 10.6. The van der Waals surface area contributed by atoms with E-state index in [0.717, 1.165) is 0 Å². The quantitative estimate of drug-likeness (QED) is 0.553. The van der Waals surface area contributed by atoms with Gasteiger partial charge in [0.25, 0.3) is 0 Å². The van der Waals surface area contributed by atoms with Gasteiger partial charge >= 0.3 is 5.97 Å². The number of nitrogens with two attached hydrogens (primary N) is 1. The largest absolute Gasteiger partial charge is 0.476 e. The van der Waals surface area contributed by atoms with Crippen LogP contribution in [0.25, 0.3) is 0 Å². The predicted octanol–water partition coefficient (Wildman–Crippen LogP) is 0.191. The van der Waals surface area contributed by atoms with E-state index in [1.54, 1.807) is 6.92 Å². The lowest BCUT2D eigenvalue weighted by atomic mass is 10.2. The monoisotopic (exact) mass is 170 g/mol. The lowest BCUT2D eigenvalue weighted by molar-refractivity contribution is 0.0643. The van der Waals surface area contributed by atoms with Crippen molar-refractivity contribution < 1.29 is 15.1 Å². The molecule has 1 heterocycles. The van der Waals surface area contributed by atoms with Gasteiger partial charge in [0, 0.05) is 12.7 Å². The van der Waals surface area contributed by atoms with E-state index >= 15 is 0 Å². The predicted molar refractivity (Wildman–Crippen MR) is 41.2 cm³/mol. The van der Waals surface area contributed by atoms with E-state index in [0.29, 0.717) is 15.9 Å². The third-order valence-corrected chi connectivity index (χ3v) is 1.77. The van der Waals surface area contributed by atoms with E-state index in [9.17, 15) is 4.79 Å². The van der Waals surface area contributed by atoms with Crippen LogP contribution >= 0.6 is 0 Å². The van der Waals surface area contributed by atoms with Crippen molar-refractivity contribution >= 4 is 5.97 Å². The van der Waals surface area contributed by atoms with Crippen LogP contribution in [-0.4, -0.2) is 21.0 Å². The fourth-order valence-electron chi connectivity index (χ4n) is 1.10. The molecule has 5 nitrogen and oxygen atoms in total. The summed E-state index contributed by atoms with van der Waals surface area (Å²) in [6, 6.07) is 0. The van der Waals surface area contributed by atoms with Crippen molar-refractivity contribution in [1.82, 2.24) is 4.73 Å². The van der Waals surface area contributed by atoms with Gasteiger partial charge in [-0.05, 0) is 18.1 Å². The van der Waals surface area contributed by atoms with Crippen molar-refractivity contribution in [3.05, 3.63) is 23.0 Å². The van der Waals surface area contributed by atoms with E-state index in [4.69, 9.17) is 16.0 Å². The number of hydrogen-bond donors (Lipinski definition) is 3. The van der Waals surface area contributed by atoms with Gasteiger partial charge < -0.3 is 16.0 Å². The Morgan fingerprint density at radius 2 is 2.33 bits per heavy atom. The van der Waals surface area contributed by atoms with Crippen molar-refractivity contribution in [2.75, 3.05) is 0 Å². The first kappa shape index (κ1) is 8.61. The highest BCUT2D eigenvalue weighted by Crippen LogP contribution is 2.14. The number of nitrogens with zero attached hydrogens (tertiary/aromatic N) is 1. The smallest absolute Gasteiger partial charge is 0.356 e. The highest BCUT2D eigenvalue weighted by atomic mass is 16.5. The molecule has 0 aliphatic heterocycles. The normalized spacial score (nSPS) is 10.2. The Hall–Kier alpha value is -1.49. The molecule has 0 saturated heterocycles. The molecule has 1 aromatic rings.